The maximum absolute atomic E-state index is 4.35. The fourth-order valence-electron chi connectivity index (χ4n) is 1.22. The van der Waals surface area contributed by atoms with Crippen LogP contribution in [0.5, 0.6) is 0 Å². The van der Waals surface area contributed by atoms with Crippen molar-refractivity contribution in [3.8, 4) is 0 Å². The van der Waals surface area contributed by atoms with E-state index < -0.39 is 0 Å². The van der Waals surface area contributed by atoms with Gasteiger partial charge in [-0.3, -0.25) is 0 Å². The summed E-state index contributed by atoms with van der Waals surface area (Å²) in [6.07, 6.45) is 2.99. The first-order valence-corrected chi connectivity index (χ1v) is 6.36. The normalized spacial score (nSPS) is 14.2. The van der Waals surface area contributed by atoms with E-state index in [2.05, 4.69) is 44.9 Å². The van der Waals surface area contributed by atoms with Crippen LogP contribution in [0.3, 0.4) is 0 Å². The molecule has 0 bridgehead atoms. The van der Waals surface area contributed by atoms with Gasteiger partial charge in [-0.1, -0.05) is 20.8 Å². The van der Waals surface area contributed by atoms with Gasteiger partial charge in [-0.05, 0) is 19.3 Å². The molecule has 1 heterocycles. The molecule has 0 fully saturated rings. The number of aromatic nitrogens is 1. The molecule has 2 nitrogen and oxygen atoms in total. The van der Waals surface area contributed by atoms with E-state index in [0.717, 1.165) is 13.0 Å². The topological polar surface area (TPSA) is 24.9 Å². The van der Waals surface area contributed by atoms with Crippen molar-refractivity contribution in [2.24, 2.45) is 5.41 Å². The standard InChI is InChI=1S/C12H22N2S/c1-9-8-14-11(15-9)6-7-13-10(2)12(3,4)5/h8,10,13H,6-7H2,1-5H3. The third kappa shape index (κ3) is 4.31. The molecule has 0 aliphatic carbocycles. The number of nitrogens with zero attached hydrogens (tertiary/aromatic N) is 1. The highest BCUT2D eigenvalue weighted by Crippen LogP contribution is 2.18. The Balaban J connectivity index is 2.28. The SMILES string of the molecule is Cc1cnc(CCNC(C)C(C)(C)C)s1. The van der Waals surface area contributed by atoms with Crippen LogP contribution in [0.4, 0.5) is 0 Å². The highest BCUT2D eigenvalue weighted by molar-refractivity contribution is 7.11. The lowest BCUT2D eigenvalue weighted by molar-refractivity contribution is 0.288. The molecule has 0 amide bonds. The van der Waals surface area contributed by atoms with Gasteiger partial charge in [0, 0.05) is 30.1 Å². The van der Waals surface area contributed by atoms with Crippen molar-refractivity contribution >= 4 is 11.3 Å². The fraction of sp³-hybridized carbons (Fsp3) is 0.750. The first-order chi connectivity index (χ1) is 6.89. The third-order valence-electron chi connectivity index (χ3n) is 2.76. The highest BCUT2D eigenvalue weighted by Gasteiger charge is 2.18. The molecule has 1 rings (SSSR count). The Morgan fingerprint density at radius 3 is 2.60 bits per heavy atom. The van der Waals surface area contributed by atoms with Crippen LogP contribution in [0.2, 0.25) is 0 Å². The molecular weight excluding hydrogens is 204 g/mol. The summed E-state index contributed by atoms with van der Waals surface area (Å²) in [5, 5.41) is 4.78. The van der Waals surface area contributed by atoms with Gasteiger partial charge in [-0.15, -0.1) is 11.3 Å². The Labute approximate surface area is 97.1 Å². The van der Waals surface area contributed by atoms with Crippen LogP contribution in [0, 0.1) is 12.3 Å². The Hall–Kier alpha value is -0.410. The molecule has 1 unspecified atom stereocenters. The number of hydrogen-bond acceptors (Lipinski definition) is 3. The number of rotatable bonds is 4. The second-order valence-electron chi connectivity index (χ2n) is 5.16. The van der Waals surface area contributed by atoms with Crippen molar-refractivity contribution in [2.75, 3.05) is 6.54 Å². The average molecular weight is 226 g/mol. The maximum Gasteiger partial charge on any atom is 0.0940 e. The van der Waals surface area contributed by atoms with Crippen LogP contribution in [-0.4, -0.2) is 17.6 Å². The van der Waals surface area contributed by atoms with Gasteiger partial charge in [0.1, 0.15) is 0 Å². The zero-order chi connectivity index (χ0) is 11.5. The van der Waals surface area contributed by atoms with Gasteiger partial charge >= 0.3 is 0 Å². The van der Waals surface area contributed by atoms with E-state index in [-0.39, 0.29) is 0 Å². The Bertz CT molecular complexity index is 299. The summed E-state index contributed by atoms with van der Waals surface area (Å²) >= 11 is 1.80. The lowest BCUT2D eigenvalue weighted by atomic mass is 9.88. The average Bonchev–Trinajstić information content (AvgIpc) is 2.49. The lowest BCUT2D eigenvalue weighted by Crippen LogP contribution is -2.38. The quantitative estimate of drug-likeness (QED) is 0.853. The van der Waals surface area contributed by atoms with Crippen molar-refractivity contribution in [1.82, 2.24) is 10.3 Å². The van der Waals surface area contributed by atoms with E-state index in [1.165, 1.54) is 9.88 Å². The summed E-state index contributed by atoms with van der Waals surface area (Å²) in [5.74, 6) is 0. The lowest BCUT2D eigenvalue weighted by Gasteiger charge is -2.28. The first kappa shape index (κ1) is 12.7. The molecule has 15 heavy (non-hydrogen) atoms. The molecule has 0 aliphatic rings. The smallest absolute Gasteiger partial charge is 0.0940 e. The summed E-state index contributed by atoms with van der Waals surface area (Å²) in [6, 6.07) is 0.540. The summed E-state index contributed by atoms with van der Waals surface area (Å²) in [5.41, 5.74) is 0.332. The number of hydrogen-bond donors (Lipinski definition) is 1. The summed E-state index contributed by atoms with van der Waals surface area (Å²) < 4.78 is 0. The Kier molecular flexibility index (Phi) is 4.29. The van der Waals surface area contributed by atoms with E-state index in [4.69, 9.17) is 0 Å². The van der Waals surface area contributed by atoms with Gasteiger partial charge in [-0.2, -0.15) is 0 Å². The molecule has 0 saturated heterocycles. The monoisotopic (exact) mass is 226 g/mol. The summed E-state index contributed by atoms with van der Waals surface area (Å²) in [4.78, 5) is 5.65. The minimum Gasteiger partial charge on any atom is -0.313 e. The van der Waals surface area contributed by atoms with E-state index >= 15 is 0 Å². The van der Waals surface area contributed by atoms with Gasteiger partial charge in [0.05, 0.1) is 5.01 Å². The molecule has 3 heteroatoms. The van der Waals surface area contributed by atoms with Gasteiger partial charge in [-0.25, -0.2) is 4.98 Å². The maximum atomic E-state index is 4.35. The minimum absolute atomic E-state index is 0.332. The molecular formula is C12H22N2S. The van der Waals surface area contributed by atoms with E-state index in [0.29, 0.717) is 11.5 Å². The second kappa shape index (κ2) is 5.08. The molecule has 1 aromatic rings. The molecule has 0 radical (unpaired) electrons. The molecule has 0 aliphatic heterocycles. The third-order valence-corrected chi connectivity index (χ3v) is 3.73. The number of thiazole rings is 1. The van der Waals surface area contributed by atoms with Crippen molar-refractivity contribution < 1.29 is 0 Å². The van der Waals surface area contributed by atoms with E-state index in [1.54, 1.807) is 11.3 Å². The predicted octanol–water partition coefficient (Wildman–Crippen LogP) is 3.02. The van der Waals surface area contributed by atoms with E-state index in [9.17, 15) is 0 Å². The van der Waals surface area contributed by atoms with Crippen molar-refractivity contribution in [2.45, 2.75) is 47.1 Å². The van der Waals surface area contributed by atoms with Crippen LogP contribution in [-0.2, 0) is 6.42 Å². The number of nitrogens with one attached hydrogen (secondary N) is 1. The molecule has 1 atom stereocenters. The molecule has 0 spiro atoms. The van der Waals surface area contributed by atoms with Crippen LogP contribution in [0.15, 0.2) is 6.20 Å². The van der Waals surface area contributed by atoms with E-state index in [1.807, 2.05) is 6.20 Å². The molecule has 1 aromatic heterocycles. The van der Waals surface area contributed by atoms with Gasteiger partial charge in [0.2, 0.25) is 0 Å². The predicted molar refractivity (Wildman–Crippen MR) is 67.5 cm³/mol. The molecule has 0 aromatic carbocycles. The van der Waals surface area contributed by atoms with Gasteiger partial charge in [0.15, 0.2) is 0 Å². The summed E-state index contributed by atoms with van der Waals surface area (Å²) in [7, 11) is 0. The largest absolute Gasteiger partial charge is 0.313 e. The van der Waals surface area contributed by atoms with Gasteiger partial charge in [0.25, 0.3) is 0 Å². The van der Waals surface area contributed by atoms with Crippen LogP contribution < -0.4 is 5.32 Å². The Morgan fingerprint density at radius 2 is 2.13 bits per heavy atom. The first-order valence-electron chi connectivity index (χ1n) is 5.54. The van der Waals surface area contributed by atoms with Crippen molar-refractivity contribution in [1.29, 1.82) is 0 Å². The van der Waals surface area contributed by atoms with Crippen LogP contribution in [0.1, 0.15) is 37.6 Å². The zero-order valence-electron chi connectivity index (χ0n) is 10.4. The number of aryl methyl sites for hydroxylation is 1. The van der Waals surface area contributed by atoms with Gasteiger partial charge < -0.3 is 5.32 Å². The molecule has 1 N–H and O–H groups in total. The molecule has 0 saturated carbocycles. The minimum atomic E-state index is 0.332. The second-order valence-corrected chi connectivity index (χ2v) is 6.48. The highest BCUT2D eigenvalue weighted by atomic mass is 32.1. The molecule has 86 valence electrons. The fourth-order valence-corrected chi connectivity index (χ4v) is 2.01. The van der Waals surface area contributed by atoms with Crippen molar-refractivity contribution in [3.63, 3.8) is 0 Å². The van der Waals surface area contributed by atoms with Crippen molar-refractivity contribution in [3.05, 3.63) is 16.1 Å². The Morgan fingerprint density at radius 1 is 1.47 bits per heavy atom. The van der Waals surface area contributed by atoms with Crippen LogP contribution >= 0.6 is 11.3 Å². The summed E-state index contributed by atoms with van der Waals surface area (Å²) in [6.45, 7) is 12.2. The zero-order valence-corrected chi connectivity index (χ0v) is 11.2. The van der Waals surface area contributed by atoms with Crippen LogP contribution in [0.25, 0.3) is 0 Å².